The van der Waals surface area contributed by atoms with Crippen molar-refractivity contribution in [1.82, 2.24) is 5.32 Å². The zero-order chi connectivity index (χ0) is 14.4. The lowest BCUT2D eigenvalue weighted by Gasteiger charge is -2.22. The fourth-order valence-corrected chi connectivity index (χ4v) is 1.95. The first-order chi connectivity index (χ1) is 8.99. The van der Waals surface area contributed by atoms with E-state index in [4.69, 9.17) is 4.74 Å². The van der Waals surface area contributed by atoms with E-state index in [1.165, 1.54) is 6.92 Å². The lowest BCUT2D eigenvalue weighted by molar-refractivity contribution is -0.114. The van der Waals surface area contributed by atoms with Crippen LogP contribution >= 0.6 is 0 Å². The number of benzene rings is 1. The van der Waals surface area contributed by atoms with E-state index in [9.17, 15) is 9.90 Å². The van der Waals surface area contributed by atoms with Gasteiger partial charge < -0.3 is 20.5 Å². The molecule has 0 fully saturated rings. The Morgan fingerprint density at radius 1 is 1.47 bits per heavy atom. The third kappa shape index (κ3) is 4.22. The monoisotopic (exact) mass is 266 g/mol. The van der Waals surface area contributed by atoms with Crippen LogP contribution in [0.3, 0.4) is 0 Å². The molecule has 2 atom stereocenters. The molecule has 0 bridgehead atoms. The highest BCUT2D eigenvalue weighted by molar-refractivity contribution is 5.88. The second-order valence-corrected chi connectivity index (χ2v) is 4.43. The summed E-state index contributed by atoms with van der Waals surface area (Å²) < 4.78 is 5.25. The van der Waals surface area contributed by atoms with E-state index >= 15 is 0 Å². The average molecular weight is 266 g/mol. The highest BCUT2D eigenvalue weighted by Gasteiger charge is 2.20. The molecule has 1 aromatic rings. The first-order valence-corrected chi connectivity index (χ1v) is 6.36. The van der Waals surface area contributed by atoms with Crippen LogP contribution < -0.4 is 15.4 Å². The van der Waals surface area contributed by atoms with Crippen molar-refractivity contribution in [3.05, 3.63) is 23.8 Å². The number of aliphatic hydroxyl groups is 1. The fraction of sp³-hybridized carbons (Fsp3) is 0.500. The maximum Gasteiger partial charge on any atom is 0.221 e. The number of ether oxygens (including phenoxy) is 1. The number of carbonyl (C=O) groups is 1. The van der Waals surface area contributed by atoms with Gasteiger partial charge in [0.15, 0.2) is 0 Å². The van der Waals surface area contributed by atoms with Gasteiger partial charge >= 0.3 is 0 Å². The SMILES string of the molecule is CCNC(C)C(O)c1cc(NC(C)=O)ccc1OC. The van der Waals surface area contributed by atoms with Crippen molar-refractivity contribution in [3.63, 3.8) is 0 Å². The van der Waals surface area contributed by atoms with Crippen LogP contribution in [0.4, 0.5) is 5.69 Å². The van der Waals surface area contributed by atoms with Crippen molar-refractivity contribution in [2.75, 3.05) is 19.0 Å². The third-order valence-electron chi connectivity index (χ3n) is 2.87. The van der Waals surface area contributed by atoms with Gasteiger partial charge in [0, 0.05) is 24.2 Å². The molecule has 1 rings (SSSR count). The molecule has 19 heavy (non-hydrogen) atoms. The van der Waals surface area contributed by atoms with Crippen LogP contribution in [0.2, 0.25) is 0 Å². The molecule has 0 saturated carbocycles. The van der Waals surface area contributed by atoms with Crippen molar-refractivity contribution < 1.29 is 14.6 Å². The average Bonchev–Trinajstić information content (AvgIpc) is 2.37. The Balaban J connectivity index is 3.04. The molecule has 1 aromatic carbocycles. The summed E-state index contributed by atoms with van der Waals surface area (Å²) in [6.45, 7) is 6.10. The van der Waals surface area contributed by atoms with Gasteiger partial charge in [-0.05, 0) is 31.7 Å². The van der Waals surface area contributed by atoms with Crippen molar-refractivity contribution in [3.8, 4) is 5.75 Å². The minimum atomic E-state index is -0.705. The second kappa shape index (κ2) is 7.11. The standard InChI is InChI=1S/C14H22N2O3/c1-5-15-9(2)14(18)12-8-11(16-10(3)17)6-7-13(12)19-4/h6-9,14-15,18H,5H2,1-4H3,(H,16,17). The molecule has 0 heterocycles. The summed E-state index contributed by atoms with van der Waals surface area (Å²) in [7, 11) is 1.56. The molecular weight excluding hydrogens is 244 g/mol. The maximum atomic E-state index is 11.1. The molecule has 0 aromatic heterocycles. The number of methoxy groups -OCH3 is 1. The Morgan fingerprint density at radius 3 is 2.68 bits per heavy atom. The summed E-state index contributed by atoms with van der Waals surface area (Å²) in [6.07, 6.45) is -0.705. The van der Waals surface area contributed by atoms with E-state index in [2.05, 4.69) is 10.6 Å². The normalized spacial score (nSPS) is 13.7. The molecule has 0 aliphatic carbocycles. The molecule has 2 unspecified atom stereocenters. The number of nitrogens with one attached hydrogen (secondary N) is 2. The quantitative estimate of drug-likeness (QED) is 0.732. The van der Waals surface area contributed by atoms with Gasteiger partial charge in [-0.15, -0.1) is 0 Å². The fourth-order valence-electron chi connectivity index (χ4n) is 1.95. The molecule has 5 heteroatoms. The first kappa shape index (κ1) is 15.5. The van der Waals surface area contributed by atoms with Crippen LogP contribution in [-0.2, 0) is 4.79 Å². The third-order valence-corrected chi connectivity index (χ3v) is 2.87. The van der Waals surface area contributed by atoms with E-state index in [1.54, 1.807) is 25.3 Å². The first-order valence-electron chi connectivity index (χ1n) is 6.36. The van der Waals surface area contributed by atoms with Gasteiger partial charge in [-0.2, -0.15) is 0 Å². The molecule has 5 nitrogen and oxygen atoms in total. The topological polar surface area (TPSA) is 70.6 Å². The number of anilines is 1. The zero-order valence-corrected chi connectivity index (χ0v) is 11.9. The summed E-state index contributed by atoms with van der Waals surface area (Å²) in [4.78, 5) is 11.1. The van der Waals surface area contributed by atoms with Gasteiger partial charge in [0.05, 0.1) is 13.2 Å². The van der Waals surface area contributed by atoms with Gasteiger partial charge in [0.25, 0.3) is 0 Å². The van der Waals surface area contributed by atoms with Crippen molar-refractivity contribution in [2.45, 2.75) is 32.9 Å². The molecule has 0 spiro atoms. The molecule has 0 saturated heterocycles. The number of hydrogen-bond acceptors (Lipinski definition) is 4. The highest BCUT2D eigenvalue weighted by atomic mass is 16.5. The molecule has 0 radical (unpaired) electrons. The van der Waals surface area contributed by atoms with E-state index in [0.29, 0.717) is 17.0 Å². The summed E-state index contributed by atoms with van der Waals surface area (Å²) in [5.74, 6) is 0.455. The minimum Gasteiger partial charge on any atom is -0.496 e. The summed E-state index contributed by atoms with van der Waals surface area (Å²) in [6, 6.07) is 5.11. The highest BCUT2D eigenvalue weighted by Crippen LogP contribution is 2.30. The van der Waals surface area contributed by atoms with E-state index < -0.39 is 6.10 Å². The predicted molar refractivity (Wildman–Crippen MR) is 75.4 cm³/mol. The van der Waals surface area contributed by atoms with Gasteiger partial charge in [-0.3, -0.25) is 4.79 Å². The number of hydrogen-bond donors (Lipinski definition) is 3. The van der Waals surface area contributed by atoms with Crippen LogP contribution in [0.15, 0.2) is 18.2 Å². The smallest absolute Gasteiger partial charge is 0.221 e. The second-order valence-electron chi connectivity index (χ2n) is 4.43. The number of amides is 1. The number of aliphatic hydroxyl groups excluding tert-OH is 1. The van der Waals surface area contributed by atoms with Crippen LogP contribution in [0.1, 0.15) is 32.4 Å². The zero-order valence-electron chi connectivity index (χ0n) is 11.9. The lowest BCUT2D eigenvalue weighted by Crippen LogP contribution is -2.32. The summed E-state index contributed by atoms with van der Waals surface area (Å²) in [5, 5.41) is 16.2. The minimum absolute atomic E-state index is 0.105. The van der Waals surface area contributed by atoms with Crippen LogP contribution in [0, 0.1) is 0 Å². The Bertz CT molecular complexity index is 435. The van der Waals surface area contributed by atoms with Gasteiger partial charge in [0.1, 0.15) is 5.75 Å². The van der Waals surface area contributed by atoms with E-state index in [-0.39, 0.29) is 11.9 Å². The molecule has 0 aliphatic rings. The van der Waals surface area contributed by atoms with Gasteiger partial charge in [-0.25, -0.2) is 0 Å². The summed E-state index contributed by atoms with van der Waals surface area (Å²) >= 11 is 0. The van der Waals surface area contributed by atoms with E-state index in [1.807, 2.05) is 13.8 Å². The number of likely N-dealkylation sites (N-methyl/N-ethyl adjacent to an activating group) is 1. The maximum absolute atomic E-state index is 11.1. The Morgan fingerprint density at radius 2 is 2.16 bits per heavy atom. The van der Waals surface area contributed by atoms with E-state index in [0.717, 1.165) is 6.54 Å². The molecule has 1 amide bonds. The van der Waals surface area contributed by atoms with Gasteiger partial charge in [-0.1, -0.05) is 6.92 Å². The summed E-state index contributed by atoms with van der Waals surface area (Å²) in [5.41, 5.74) is 1.30. The van der Waals surface area contributed by atoms with Crippen LogP contribution in [0.25, 0.3) is 0 Å². The largest absolute Gasteiger partial charge is 0.496 e. The van der Waals surface area contributed by atoms with Crippen molar-refractivity contribution in [1.29, 1.82) is 0 Å². The lowest BCUT2D eigenvalue weighted by atomic mass is 10.0. The van der Waals surface area contributed by atoms with Gasteiger partial charge in [0.2, 0.25) is 5.91 Å². The number of rotatable bonds is 6. The van der Waals surface area contributed by atoms with Crippen LogP contribution in [-0.4, -0.2) is 30.7 Å². The predicted octanol–water partition coefficient (Wildman–Crippen LogP) is 1.68. The Hall–Kier alpha value is -1.59. The molecule has 0 aliphatic heterocycles. The Kier molecular flexibility index (Phi) is 5.79. The van der Waals surface area contributed by atoms with Crippen molar-refractivity contribution in [2.24, 2.45) is 0 Å². The Labute approximate surface area is 114 Å². The number of carbonyl (C=O) groups excluding carboxylic acids is 1. The molecule has 3 N–H and O–H groups in total. The molecular formula is C14H22N2O3. The van der Waals surface area contributed by atoms with Crippen LogP contribution in [0.5, 0.6) is 5.75 Å². The van der Waals surface area contributed by atoms with Crippen molar-refractivity contribution >= 4 is 11.6 Å². The molecule has 106 valence electrons.